The fourth-order valence-electron chi connectivity index (χ4n) is 1.97. The monoisotopic (exact) mass is 259 g/mol. The van der Waals surface area contributed by atoms with E-state index in [2.05, 4.69) is 36.2 Å². The molecule has 5 nitrogen and oxygen atoms in total. The lowest BCUT2D eigenvalue weighted by atomic mass is 10.1. The molecule has 102 valence electrons. The first kappa shape index (κ1) is 13.4. The van der Waals surface area contributed by atoms with Crippen molar-refractivity contribution in [2.24, 2.45) is 0 Å². The smallest absolute Gasteiger partial charge is 0.148 e. The quantitative estimate of drug-likeness (QED) is 0.885. The van der Waals surface area contributed by atoms with Gasteiger partial charge in [-0.25, -0.2) is 4.68 Å². The SMILES string of the molecule is Cc1ccncc1CNc1c(N)c(C)nn1C(C)C. The van der Waals surface area contributed by atoms with Crippen LogP contribution in [0.5, 0.6) is 0 Å². The van der Waals surface area contributed by atoms with Crippen molar-refractivity contribution in [2.45, 2.75) is 40.3 Å². The lowest BCUT2D eigenvalue weighted by Crippen LogP contribution is -2.11. The molecule has 0 spiro atoms. The normalized spacial score (nSPS) is 11.0. The second-order valence-corrected chi connectivity index (χ2v) is 5.04. The number of nitrogen functional groups attached to an aromatic ring is 1. The summed E-state index contributed by atoms with van der Waals surface area (Å²) in [4.78, 5) is 4.15. The third-order valence-corrected chi connectivity index (χ3v) is 3.21. The van der Waals surface area contributed by atoms with Gasteiger partial charge in [0.2, 0.25) is 0 Å². The predicted molar refractivity (Wildman–Crippen MR) is 78.1 cm³/mol. The first-order valence-electron chi connectivity index (χ1n) is 6.48. The van der Waals surface area contributed by atoms with Crippen LogP contribution in [0.1, 0.15) is 36.7 Å². The maximum atomic E-state index is 6.08. The van der Waals surface area contributed by atoms with Crippen LogP contribution < -0.4 is 11.1 Å². The van der Waals surface area contributed by atoms with Crippen LogP contribution >= 0.6 is 0 Å². The Hall–Kier alpha value is -2.04. The van der Waals surface area contributed by atoms with E-state index in [1.807, 2.05) is 23.9 Å². The summed E-state index contributed by atoms with van der Waals surface area (Å²) in [5.41, 5.74) is 10.0. The van der Waals surface area contributed by atoms with Gasteiger partial charge in [-0.05, 0) is 44.9 Å². The molecule has 0 atom stereocenters. The van der Waals surface area contributed by atoms with E-state index >= 15 is 0 Å². The van der Waals surface area contributed by atoms with Gasteiger partial charge in [-0.3, -0.25) is 4.98 Å². The van der Waals surface area contributed by atoms with E-state index in [-0.39, 0.29) is 6.04 Å². The number of aryl methyl sites for hydroxylation is 2. The molecule has 19 heavy (non-hydrogen) atoms. The van der Waals surface area contributed by atoms with Crippen LogP contribution in [0.2, 0.25) is 0 Å². The summed E-state index contributed by atoms with van der Waals surface area (Å²) < 4.78 is 1.93. The lowest BCUT2D eigenvalue weighted by Gasteiger charge is -2.14. The predicted octanol–water partition coefficient (Wildman–Crippen LogP) is 2.67. The minimum Gasteiger partial charge on any atom is -0.394 e. The fourth-order valence-corrected chi connectivity index (χ4v) is 1.97. The third kappa shape index (κ3) is 2.70. The van der Waals surface area contributed by atoms with Crippen molar-refractivity contribution >= 4 is 11.5 Å². The van der Waals surface area contributed by atoms with Crippen LogP contribution in [0.4, 0.5) is 11.5 Å². The van der Waals surface area contributed by atoms with Gasteiger partial charge in [0.1, 0.15) is 5.82 Å². The zero-order chi connectivity index (χ0) is 14.0. The van der Waals surface area contributed by atoms with Crippen molar-refractivity contribution in [3.63, 3.8) is 0 Å². The van der Waals surface area contributed by atoms with E-state index in [9.17, 15) is 0 Å². The number of rotatable bonds is 4. The Morgan fingerprint density at radius 1 is 1.37 bits per heavy atom. The molecule has 5 heteroatoms. The average Bonchev–Trinajstić information content (AvgIpc) is 2.65. The summed E-state index contributed by atoms with van der Waals surface area (Å²) in [5, 5.41) is 7.83. The van der Waals surface area contributed by atoms with Crippen LogP contribution in [-0.4, -0.2) is 14.8 Å². The Morgan fingerprint density at radius 3 is 2.74 bits per heavy atom. The molecule has 0 aromatic carbocycles. The maximum Gasteiger partial charge on any atom is 0.148 e. The van der Waals surface area contributed by atoms with E-state index in [1.165, 1.54) is 5.56 Å². The Labute approximate surface area is 113 Å². The summed E-state index contributed by atoms with van der Waals surface area (Å²) in [6.45, 7) is 8.88. The van der Waals surface area contributed by atoms with Gasteiger partial charge in [-0.2, -0.15) is 5.10 Å². The Bertz CT molecular complexity index is 571. The first-order chi connectivity index (χ1) is 9.00. The van der Waals surface area contributed by atoms with Crippen LogP contribution in [0, 0.1) is 13.8 Å². The molecule has 0 aliphatic carbocycles. The van der Waals surface area contributed by atoms with Crippen molar-refractivity contribution in [1.82, 2.24) is 14.8 Å². The van der Waals surface area contributed by atoms with Crippen LogP contribution in [0.25, 0.3) is 0 Å². The molecular weight excluding hydrogens is 238 g/mol. The highest BCUT2D eigenvalue weighted by atomic mass is 15.4. The third-order valence-electron chi connectivity index (χ3n) is 3.21. The number of aromatic nitrogens is 3. The van der Waals surface area contributed by atoms with Gasteiger partial charge in [-0.15, -0.1) is 0 Å². The van der Waals surface area contributed by atoms with E-state index in [0.29, 0.717) is 6.54 Å². The number of nitrogens with one attached hydrogen (secondary N) is 1. The van der Waals surface area contributed by atoms with Crippen LogP contribution in [-0.2, 0) is 6.54 Å². The maximum absolute atomic E-state index is 6.08. The summed E-state index contributed by atoms with van der Waals surface area (Å²) >= 11 is 0. The Morgan fingerprint density at radius 2 is 2.11 bits per heavy atom. The molecule has 0 amide bonds. The topological polar surface area (TPSA) is 68.8 Å². The number of nitrogens with zero attached hydrogens (tertiary/aromatic N) is 3. The molecule has 2 rings (SSSR count). The lowest BCUT2D eigenvalue weighted by molar-refractivity contribution is 0.534. The van der Waals surface area contributed by atoms with Gasteiger partial charge in [0.15, 0.2) is 0 Å². The van der Waals surface area contributed by atoms with E-state index < -0.39 is 0 Å². The molecule has 0 unspecified atom stereocenters. The van der Waals surface area contributed by atoms with Gasteiger partial charge in [0.25, 0.3) is 0 Å². The largest absolute Gasteiger partial charge is 0.394 e. The molecule has 2 aromatic rings. The molecule has 3 N–H and O–H groups in total. The second-order valence-electron chi connectivity index (χ2n) is 5.04. The minimum absolute atomic E-state index is 0.272. The van der Waals surface area contributed by atoms with Crippen LogP contribution in [0.15, 0.2) is 18.5 Å². The molecule has 2 heterocycles. The number of pyridine rings is 1. The molecule has 0 bridgehead atoms. The summed E-state index contributed by atoms with van der Waals surface area (Å²) in [5.74, 6) is 0.885. The second kappa shape index (κ2) is 5.30. The fraction of sp³-hybridized carbons (Fsp3) is 0.429. The summed E-state index contributed by atoms with van der Waals surface area (Å²) in [6.07, 6.45) is 3.68. The van der Waals surface area contributed by atoms with Gasteiger partial charge in [0.05, 0.1) is 11.4 Å². The molecule has 0 saturated carbocycles. The van der Waals surface area contributed by atoms with Crippen molar-refractivity contribution in [2.75, 3.05) is 11.1 Å². The van der Waals surface area contributed by atoms with E-state index in [4.69, 9.17) is 5.73 Å². The molecular formula is C14H21N5. The molecule has 0 saturated heterocycles. The van der Waals surface area contributed by atoms with Crippen molar-refractivity contribution in [3.8, 4) is 0 Å². The highest BCUT2D eigenvalue weighted by Gasteiger charge is 2.14. The van der Waals surface area contributed by atoms with Gasteiger partial charge in [-0.1, -0.05) is 0 Å². The zero-order valence-corrected chi connectivity index (χ0v) is 11.9. The number of hydrogen-bond acceptors (Lipinski definition) is 4. The zero-order valence-electron chi connectivity index (χ0n) is 11.9. The van der Waals surface area contributed by atoms with E-state index in [0.717, 1.165) is 22.8 Å². The first-order valence-corrected chi connectivity index (χ1v) is 6.48. The van der Waals surface area contributed by atoms with Crippen molar-refractivity contribution in [1.29, 1.82) is 0 Å². The highest BCUT2D eigenvalue weighted by molar-refractivity contribution is 5.65. The molecule has 0 fully saturated rings. The number of hydrogen-bond donors (Lipinski definition) is 2. The Kier molecular flexibility index (Phi) is 3.74. The minimum atomic E-state index is 0.272. The highest BCUT2D eigenvalue weighted by Crippen LogP contribution is 2.26. The van der Waals surface area contributed by atoms with Gasteiger partial charge >= 0.3 is 0 Å². The van der Waals surface area contributed by atoms with Crippen LogP contribution in [0.3, 0.4) is 0 Å². The number of nitrogens with two attached hydrogens (primary N) is 1. The number of anilines is 2. The average molecular weight is 259 g/mol. The molecule has 0 aliphatic rings. The molecule has 0 radical (unpaired) electrons. The molecule has 2 aromatic heterocycles. The van der Waals surface area contributed by atoms with Gasteiger partial charge < -0.3 is 11.1 Å². The van der Waals surface area contributed by atoms with Crippen molar-refractivity contribution in [3.05, 3.63) is 35.3 Å². The summed E-state index contributed by atoms with van der Waals surface area (Å²) in [6, 6.07) is 2.28. The summed E-state index contributed by atoms with van der Waals surface area (Å²) in [7, 11) is 0. The Balaban J connectivity index is 2.22. The van der Waals surface area contributed by atoms with Crippen molar-refractivity contribution < 1.29 is 0 Å². The van der Waals surface area contributed by atoms with Gasteiger partial charge in [0, 0.05) is 25.0 Å². The molecule has 0 aliphatic heterocycles. The standard InChI is InChI=1S/C14H21N5/c1-9(2)19-14(13(15)11(4)18-19)17-8-12-7-16-6-5-10(12)3/h5-7,9,17H,8,15H2,1-4H3. The van der Waals surface area contributed by atoms with E-state index in [1.54, 1.807) is 6.20 Å².